The number of carbonyl (C=O) groups is 2. The van der Waals surface area contributed by atoms with E-state index in [4.69, 9.17) is 0 Å². The van der Waals surface area contributed by atoms with E-state index in [0.717, 1.165) is 22.3 Å². The molecule has 0 spiro atoms. The Morgan fingerprint density at radius 2 is 0.957 bits per heavy atom. The SMILES string of the molecule is Cc1ccc(CC(=O)[O-])cc1.Cc1ccc(CC(=O)[O-])cc1.[Mg+2]. The predicted octanol–water partition coefficient (Wildman–Crippen LogP) is 0.194. The van der Waals surface area contributed by atoms with Crippen molar-refractivity contribution in [3.63, 3.8) is 0 Å². The standard InChI is InChI=1S/2C9H10O2.Mg/c2*1-7-2-4-8(5-3-7)6-9(10)11;/h2*2-5H,6H2,1H3,(H,10,11);/q;;+2/p-2. The molecule has 0 heterocycles. The van der Waals surface area contributed by atoms with Crippen LogP contribution < -0.4 is 10.2 Å². The molecule has 2 aromatic carbocycles. The van der Waals surface area contributed by atoms with Crippen molar-refractivity contribution < 1.29 is 19.8 Å². The normalized spacial score (nSPS) is 9.13. The van der Waals surface area contributed by atoms with Gasteiger partial charge in [-0.05, 0) is 25.0 Å². The Hall–Kier alpha value is -1.85. The molecule has 0 aliphatic rings. The van der Waals surface area contributed by atoms with Crippen LogP contribution in [0.25, 0.3) is 0 Å². The number of rotatable bonds is 4. The van der Waals surface area contributed by atoms with Crippen molar-refractivity contribution in [3.05, 3.63) is 70.8 Å². The topological polar surface area (TPSA) is 80.3 Å². The summed E-state index contributed by atoms with van der Waals surface area (Å²) in [4.78, 5) is 20.3. The fourth-order valence-corrected chi connectivity index (χ4v) is 1.75. The average molecular weight is 323 g/mol. The molecule has 0 atom stereocenters. The van der Waals surface area contributed by atoms with Gasteiger partial charge in [0.05, 0.1) is 0 Å². The molecule has 0 N–H and O–H groups in total. The largest absolute Gasteiger partial charge is 2.00 e. The summed E-state index contributed by atoms with van der Waals surface area (Å²) >= 11 is 0. The van der Waals surface area contributed by atoms with E-state index in [1.54, 1.807) is 24.3 Å². The van der Waals surface area contributed by atoms with E-state index in [-0.39, 0.29) is 35.9 Å². The first kappa shape index (κ1) is 21.1. The van der Waals surface area contributed by atoms with Crippen LogP contribution in [0.5, 0.6) is 0 Å². The summed E-state index contributed by atoms with van der Waals surface area (Å²) < 4.78 is 0. The average Bonchev–Trinajstić information content (AvgIpc) is 2.44. The van der Waals surface area contributed by atoms with Gasteiger partial charge in [0.15, 0.2) is 0 Å². The molecule has 2 aromatic rings. The van der Waals surface area contributed by atoms with E-state index >= 15 is 0 Å². The Morgan fingerprint density at radius 3 is 1.17 bits per heavy atom. The van der Waals surface area contributed by atoms with E-state index in [2.05, 4.69) is 0 Å². The van der Waals surface area contributed by atoms with Gasteiger partial charge in [0.2, 0.25) is 0 Å². The summed E-state index contributed by atoms with van der Waals surface area (Å²) in [6, 6.07) is 14.7. The maximum Gasteiger partial charge on any atom is 2.00 e. The number of carbonyl (C=O) groups excluding carboxylic acids is 2. The Labute approximate surface area is 152 Å². The Morgan fingerprint density at radius 1 is 0.696 bits per heavy atom. The molecule has 116 valence electrons. The van der Waals surface area contributed by atoms with E-state index in [1.165, 1.54) is 0 Å². The maximum atomic E-state index is 10.1. The molecule has 23 heavy (non-hydrogen) atoms. The molecule has 2 rings (SSSR count). The summed E-state index contributed by atoms with van der Waals surface area (Å²) in [6.45, 7) is 3.92. The molecular weight excluding hydrogens is 304 g/mol. The minimum Gasteiger partial charge on any atom is -0.550 e. The van der Waals surface area contributed by atoms with Gasteiger partial charge in [-0.15, -0.1) is 0 Å². The number of aryl methyl sites for hydroxylation is 2. The summed E-state index contributed by atoms with van der Waals surface area (Å²) in [5.74, 6) is -2.07. The van der Waals surface area contributed by atoms with E-state index < -0.39 is 11.9 Å². The fourth-order valence-electron chi connectivity index (χ4n) is 1.75. The molecule has 0 aromatic heterocycles. The van der Waals surface area contributed by atoms with Crippen molar-refractivity contribution in [2.45, 2.75) is 26.7 Å². The van der Waals surface area contributed by atoms with Gasteiger partial charge in [0, 0.05) is 24.8 Å². The third kappa shape index (κ3) is 9.70. The third-order valence-electron chi connectivity index (χ3n) is 2.94. The number of hydrogen-bond acceptors (Lipinski definition) is 4. The quantitative estimate of drug-likeness (QED) is 0.753. The van der Waals surface area contributed by atoms with Crippen LogP contribution in [-0.2, 0) is 22.4 Å². The first-order chi connectivity index (χ1) is 10.4. The summed E-state index contributed by atoms with van der Waals surface area (Å²) in [5, 5.41) is 20.3. The first-order valence-corrected chi connectivity index (χ1v) is 6.87. The van der Waals surface area contributed by atoms with Gasteiger partial charge < -0.3 is 19.8 Å². The number of hydrogen-bond donors (Lipinski definition) is 0. The van der Waals surface area contributed by atoms with Crippen molar-refractivity contribution in [2.24, 2.45) is 0 Å². The Bertz CT molecular complexity index is 561. The van der Waals surface area contributed by atoms with Crippen LogP contribution in [0, 0.1) is 13.8 Å². The molecule has 4 nitrogen and oxygen atoms in total. The molecular formula is C18H18MgO4. The van der Waals surface area contributed by atoms with Crippen LogP contribution in [-0.4, -0.2) is 35.0 Å². The van der Waals surface area contributed by atoms with Gasteiger partial charge in [-0.3, -0.25) is 0 Å². The molecule has 5 heteroatoms. The van der Waals surface area contributed by atoms with Crippen LogP contribution in [0.1, 0.15) is 22.3 Å². The fraction of sp³-hybridized carbons (Fsp3) is 0.222. The van der Waals surface area contributed by atoms with Crippen molar-refractivity contribution in [1.29, 1.82) is 0 Å². The van der Waals surface area contributed by atoms with Crippen molar-refractivity contribution in [2.75, 3.05) is 0 Å². The van der Waals surface area contributed by atoms with E-state index in [9.17, 15) is 19.8 Å². The summed E-state index contributed by atoms with van der Waals surface area (Å²) in [7, 11) is 0. The third-order valence-corrected chi connectivity index (χ3v) is 2.94. The van der Waals surface area contributed by atoms with Gasteiger partial charge >= 0.3 is 23.1 Å². The van der Waals surface area contributed by atoms with Gasteiger partial charge in [-0.1, -0.05) is 59.7 Å². The van der Waals surface area contributed by atoms with Gasteiger partial charge in [-0.2, -0.15) is 0 Å². The van der Waals surface area contributed by atoms with Crippen LogP contribution in [0.2, 0.25) is 0 Å². The zero-order valence-electron chi connectivity index (χ0n) is 13.4. The molecule has 0 radical (unpaired) electrons. The molecule has 0 aliphatic heterocycles. The second kappa shape index (κ2) is 10.8. The predicted molar refractivity (Wildman–Crippen MR) is 85.5 cm³/mol. The van der Waals surface area contributed by atoms with Gasteiger partial charge in [0.25, 0.3) is 0 Å². The van der Waals surface area contributed by atoms with Gasteiger partial charge in [0.1, 0.15) is 0 Å². The molecule has 0 aliphatic carbocycles. The molecule has 0 bridgehead atoms. The second-order valence-corrected chi connectivity index (χ2v) is 5.07. The number of carboxylic acids is 2. The minimum absolute atomic E-state index is 0. The first-order valence-electron chi connectivity index (χ1n) is 6.87. The zero-order chi connectivity index (χ0) is 16.5. The molecule has 0 fully saturated rings. The smallest absolute Gasteiger partial charge is 0.550 e. The summed E-state index contributed by atoms with van der Waals surface area (Å²) in [5.41, 5.74) is 3.84. The second-order valence-electron chi connectivity index (χ2n) is 5.07. The number of carboxylic acid groups (broad SMARTS) is 2. The van der Waals surface area contributed by atoms with Crippen LogP contribution >= 0.6 is 0 Å². The van der Waals surface area contributed by atoms with Crippen LogP contribution in [0.3, 0.4) is 0 Å². The van der Waals surface area contributed by atoms with Crippen molar-refractivity contribution in [3.8, 4) is 0 Å². The number of benzene rings is 2. The molecule has 0 unspecified atom stereocenters. The van der Waals surface area contributed by atoms with E-state index in [0.29, 0.717) is 0 Å². The van der Waals surface area contributed by atoms with E-state index in [1.807, 2.05) is 38.1 Å². The molecule has 0 saturated carbocycles. The maximum absolute atomic E-state index is 10.1. The monoisotopic (exact) mass is 322 g/mol. The minimum atomic E-state index is -1.03. The van der Waals surface area contributed by atoms with Gasteiger partial charge in [-0.25, -0.2) is 0 Å². The Balaban J connectivity index is 0.000000403. The van der Waals surface area contributed by atoms with Crippen LogP contribution in [0.4, 0.5) is 0 Å². The van der Waals surface area contributed by atoms with Crippen LogP contribution in [0.15, 0.2) is 48.5 Å². The molecule has 0 amide bonds. The Kier molecular flexibility index (Phi) is 9.93. The molecule has 0 saturated heterocycles. The summed E-state index contributed by atoms with van der Waals surface area (Å²) in [6.07, 6.45) is 0.000556. The zero-order valence-corrected chi connectivity index (χ0v) is 14.8. The number of aliphatic carboxylic acids is 2. The van der Waals surface area contributed by atoms with Crippen molar-refractivity contribution >= 4 is 35.0 Å². The van der Waals surface area contributed by atoms with Crippen molar-refractivity contribution in [1.82, 2.24) is 0 Å².